The number of amides is 1. The Kier molecular flexibility index (Phi) is 7.72. The monoisotopic (exact) mass is 410 g/mol. The van der Waals surface area contributed by atoms with Gasteiger partial charge >= 0.3 is 0 Å². The van der Waals surface area contributed by atoms with Crippen LogP contribution in [0.2, 0.25) is 0 Å². The number of rotatable bonds is 6. The van der Waals surface area contributed by atoms with E-state index in [9.17, 15) is 4.79 Å². The third-order valence-electron chi connectivity index (χ3n) is 3.82. The standard InChI is InChI=1S/C14H26N4O2.HI/c1-14(6-3-9-20-14)10-18-13(15-2)17-8-7-16-12(19)11-4-5-11;/h11H,3-10H2,1-2H3,(H,16,19)(H2,15,17,18);1H. The highest BCUT2D eigenvalue weighted by Crippen LogP contribution is 2.28. The minimum atomic E-state index is -0.0855. The van der Waals surface area contributed by atoms with Crippen LogP contribution in [0.25, 0.3) is 0 Å². The van der Waals surface area contributed by atoms with Gasteiger partial charge in [-0.15, -0.1) is 24.0 Å². The molecule has 6 nitrogen and oxygen atoms in total. The van der Waals surface area contributed by atoms with Crippen molar-refractivity contribution in [2.24, 2.45) is 10.9 Å². The first kappa shape index (κ1) is 18.5. The van der Waals surface area contributed by atoms with Crippen LogP contribution in [0.4, 0.5) is 0 Å². The van der Waals surface area contributed by atoms with E-state index in [0.717, 1.165) is 44.8 Å². The summed E-state index contributed by atoms with van der Waals surface area (Å²) in [5.41, 5.74) is -0.0855. The van der Waals surface area contributed by atoms with E-state index in [1.807, 2.05) is 0 Å². The molecule has 1 atom stereocenters. The SMILES string of the molecule is CN=C(NCCNC(=O)C1CC1)NCC1(C)CCCO1.I. The van der Waals surface area contributed by atoms with Gasteiger partial charge in [0.15, 0.2) is 5.96 Å². The molecule has 2 aliphatic rings. The van der Waals surface area contributed by atoms with Gasteiger partial charge in [-0.2, -0.15) is 0 Å². The van der Waals surface area contributed by atoms with Crippen LogP contribution in [0.15, 0.2) is 4.99 Å². The van der Waals surface area contributed by atoms with E-state index in [-0.39, 0.29) is 41.4 Å². The molecule has 0 spiro atoms. The Morgan fingerprint density at radius 3 is 2.57 bits per heavy atom. The van der Waals surface area contributed by atoms with E-state index in [4.69, 9.17) is 4.74 Å². The molecule has 0 aromatic carbocycles. The number of aliphatic imine (C=N–C) groups is 1. The predicted octanol–water partition coefficient (Wildman–Crippen LogP) is 0.865. The minimum Gasteiger partial charge on any atom is -0.373 e. The zero-order chi connectivity index (χ0) is 14.4. The second kappa shape index (κ2) is 8.77. The Bertz CT molecular complexity index is 366. The molecule has 1 aliphatic carbocycles. The van der Waals surface area contributed by atoms with Gasteiger partial charge in [-0.3, -0.25) is 9.79 Å². The number of carbonyl (C=O) groups is 1. The van der Waals surface area contributed by atoms with Crippen molar-refractivity contribution in [3.63, 3.8) is 0 Å². The molecule has 1 aliphatic heterocycles. The first-order valence-electron chi connectivity index (χ1n) is 7.49. The molecule has 1 heterocycles. The maximum Gasteiger partial charge on any atom is 0.223 e. The summed E-state index contributed by atoms with van der Waals surface area (Å²) in [5.74, 6) is 1.20. The summed E-state index contributed by atoms with van der Waals surface area (Å²) in [7, 11) is 1.75. The zero-order valence-electron chi connectivity index (χ0n) is 12.9. The Morgan fingerprint density at radius 2 is 2.00 bits per heavy atom. The molecule has 0 aromatic heterocycles. The summed E-state index contributed by atoms with van der Waals surface area (Å²) in [5, 5.41) is 9.39. The lowest BCUT2D eigenvalue weighted by Crippen LogP contribution is -2.47. The first-order valence-corrected chi connectivity index (χ1v) is 7.49. The highest BCUT2D eigenvalue weighted by Gasteiger charge is 2.30. The van der Waals surface area contributed by atoms with E-state index < -0.39 is 0 Å². The second-order valence-corrected chi connectivity index (χ2v) is 5.82. The summed E-state index contributed by atoms with van der Waals surface area (Å²) in [4.78, 5) is 15.6. The quantitative estimate of drug-likeness (QED) is 0.263. The van der Waals surface area contributed by atoms with Gasteiger partial charge in [0.25, 0.3) is 0 Å². The Labute approximate surface area is 143 Å². The normalized spacial score (nSPS) is 25.1. The van der Waals surface area contributed by atoms with Crippen LogP contribution in [0, 0.1) is 5.92 Å². The molecule has 2 fully saturated rings. The zero-order valence-corrected chi connectivity index (χ0v) is 15.2. The lowest BCUT2D eigenvalue weighted by Gasteiger charge is -2.24. The van der Waals surface area contributed by atoms with Gasteiger partial charge in [-0.1, -0.05) is 0 Å². The van der Waals surface area contributed by atoms with Crippen molar-refractivity contribution in [1.82, 2.24) is 16.0 Å². The maximum absolute atomic E-state index is 11.5. The van der Waals surface area contributed by atoms with Crippen molar-refractivity contribution in [1.29, 1.82) is 0 Å². The third kappa shape index (κ3) is 6.37. The Balaban J connectivity index is 0.00000220. The molecular weight excluding hydrogens is 383 g/mol. The number of carbonyl (C=O) groups excluding carboxylic acids is 1. The van der Waals surface area contributed by atoms with E-state index in [1.165, 1.54) is 0 Å². The topological polar surface area (TPSA) is 74.8 Å². The first-order chi connectivity index (χ1) is 9.63. The molecule has 0 radical (unpaired) electrons. The number of nitrogens with zero attached hydrogens (tertiary/aromatic N) is 1. The van der Waals surface area contributed by atoms with Crippen molar-refractivity contribution in [3.8, 4) is 0 Å². The summed E-state index contributed by atoms with van der Waals surface area (Å²) >= 11 is 0. The fourth-order valence-electron chi connectivity index (χ4n) is 2.32. The molecule has 1 amide bonds. The summed E-state index contributed by atoms with van der Waals surface area (Å²) in [6.45, 7) is 5.02. The fraction of sp³-hybridized carbons (Fsp3) is 0.857. The van der Waals surface area contributed by atoms with Crippen LogP contribution in [0.1, 0.15) is 32.6 Å². The summed E-state index contributed by atoms with van der Waals surface area (Å²) in [6.07, 6.45) is 4.29. The van der Waals surface area contributed by atoms with Crippen molar-refractivity contribution in [2.45, 2.75) is 38.2 Å². The Morgan fingerprint density at radius 1 is 1.29 bits per heavy atom. The molecule has 21 heavy (non-hydrogen) atoms. The van der Waals surface area contributed by atoms with Crippen LogP contribution in [0.5, 0.6) is 0 Å². The van der Waals surface area contributed by atoms with Gasteiger partial charge in [0, 0.05) is 39.2 Å². The molecule has 122 valence electrons. The van der Waals surface area contributed by atoms with Crippen molar-refractivity contribution >= 4 is 35.8 Å². The molecule has 7 heteroatoms. The number of hydrogen-bond acceptors (Lipinski definition) is 3. The largest absolute Gasteiger partial charge is 0.373 e. The van der Waals surface area contributed by atoms with E-state index in [0.29, 0.717) is 13.1 Å². The molecule has 1 unspecified atom stereocenters. The number of hydrogen-bond donors (Lipinski definition) is 3. The lowest BCUT2D eigenvalue weighted by molar-refractivity contribution is -0.122. The van der Waals surface area contributed by atoms with E-state index >= 15 is 0 Å². The average Bonchev–Trinajstić information content (AvgIpc) is 3.21. The summed E-state index contributed by atoms with van der Waals surface area (Å²) < 4.78 is 5.72. The minimum absolute atomic E-state index is 0. The van der Waals surface area contributed by atoms with Gasteiger partial charge in [0.2, 0.25) is 5.91 Å². The fourth-order valence-corrected chi connectivity index (χ4v) is 2.32. The maximum atomic E-state index is 11.5. The molecule has 2 rings (SSSR count). The van der Waals surface area contributed by atoms with Crippen LogP contribution < -0.4 is 16.0 Å². The van der Waals surface area contributed by atoms with Crippen molar-refractivity contribution in [2.75, 3.05) is 33.3 Å². The second-order valence-electron chi connectivity index (χ2n) is 5.82. The lowest BCUT2D eigenvalue weighted by atomic mass is 10.0. The number of ether oxygens (including phenoxy) is 1. The molecule has 1 saturated carbocycles. The average molecular weight is 410 g/mol. The highest BCUT2D eigenvalue weighted by molar-refractivity contribution is 14.0. The highest BCUT2D eigenvalue weighted by atomic mass is 127. The predicted molar refractivity (Wildman–Crippen MR) is 94.1 cm³/mol. The Hall–Kier alpha value is -0.570. The number of nitrogens with one attached hydrogen (secondary N) is 3. The molecule has 1 saturated heterocycles. The van der Waals surface area contributed by atoms with Crippen LogP contribution in [-0.2, 0) is 9.53 Å². The van der Waals surface area contributed by atoms with E-state index in [2.05, 4.69) is 27.9 Å². The van der Waals surface area contributed by atoms with Crippen LogP contribution in [0.3, 0.4) is 0 Å². The van der Waals surface area contributed by atoms with Crippen molar-refractivity contribution < 1.29 is 9.53 Å². The summed E-state index contributed by atoms with van der Waals surface area (Å²) in [6, 6.07) is 0. The number of halogens is 1. The van der Waals surface area contributed by atoms with Gasteiger partial charge in [-0.25, -0.2) is 0 Å². The van der Waals surface area contributed by atoms with Crippen LogP contribution >= 0.6 is 24.0 Å². The van der Waals surface area contributed by atoms with E-state index in [1.54, 1.807) is 7.05 Å². The smallest absolute Gasteiger partial charge is 0.223 e. The van der Waals surface area contributed by atoms with Crippen LogP contribution in [-0.4, -0.2) is 50.8 Å². The molecule has 0 bridgehead atoms. The molecule has 0 aromatic rings. The van der Waals surface area contributed by atoms with Gasteiger partial charge in [0.05, 0.1) is 5.60 Å². The molecule has 3 N–H and O–H groups in total. The van der Waals surface area contributed by atoms with Gasteiger partial charge in [0.1, 0.15) is 0 Å². The number of guanidine groups is 1. The van der Waals surface area contributed by atoms with Gasteiger partial charge < -0.3 is 20.7 Å². The van der Waals surface area contributed by atoms with Crippen molar-refractivity contribution in [3.05, 3.63) is 0 Å². The molecular formula is C14H27IN4O2. The van der Waals surface area contributed by atoms with Gasteiger partial charge in [-0.05, 0) is 32.6 Å². The third-order valence-corrected chi connectivity index (χ3v) is 3.82.